The minimum atomic E-state index is -0.271. The first-order valence-corrected chi connectivity index (χ1v) is 12.5. The fraction of sp³-hybridized carbons (Fsp3) is 0.267. The van der Waals surface area contributed by atoms with Gasteiger partial charge in [0.05, 0.1) is 29.2 Å². The van der Waals surface area contributed by atoms with Crippen LogP contribution in [0.5, 0.6) is 0 Å². The molecule has 0 spiro atoms. The highest BCUT2D eigenvalue weighted by atomic mass is 16.1. The van der Waals surface area contributed by atoms with E-state index in [1.165, 1.54) is 10.9 Å². The van der Waals surface area contributed by atoms with Gasteiger partial charge in [-0.05, 0) is 86.6 Å². The standard InChI is InChI=1S/C30H32N6O2/c1-6-21(16-31)22-11-20(17-35(3)4)12-23(13-22)29(37)34-25-8-7-19(2)28(15-25)33-24-9-10-27-26(14-24)30(38)36(5)18-32-27/h7-15,18,21,33H,6,17H2,1-5H3,(H,34,37). The molecule has 1 aromatic heterocycles. The average molecular weight is 509 g/mol. The van der Waals surface area contributed by atoms with Crippen LogP contribution in [0.15, 0.2) is 65.7 Å². The molecule has 0 bridgehead atoms. The number of rotatable bonds is 8. The number of hydrogen-bond acceptors (Lipinski definition) is 6. The molecule has 4 aromatic rings. The number of aryl methyl sites for hydroxylation is 2. The highest BCUT2D eigenvalue weighted by molar-refractivity contribution is 6.05. The van der Waals surface area contributed by atoms with Gasteiger partial charge in [0.2, 0.25) is 0 Å². The Morgan fingerprint density at radius 2 is 1.87 bits per heavy atom. The molecule has 1 heterocycles. The molecule has 1 amide bonds. The molecule has 194 valence electrons. The molecule has 0 saturated heterocycles. The van der Waals surface area contributed by atoms with Crippen LogP contribution < -0.4 is 16.2 Å². The molecule has 1 unspecified atom stereocenters. The maximum atomic E-state index is 13.3. The fourth-order valence-electron chi connectivity index (χ4n) is 4.39. The number of hydrogen-bond donors (Lipinski definition) is 2. The van der Waals surface area contributed by atoms with E-state index in [-0.39, 0.29) is 17.4 Å². The Hall–Kier alpha value is -4.48. The number of carbonyl (C=O) groups is 1. The summed E-state index contributed by atoms with van der Waals surface area (Å²) in [5, 5.41) is 16.5. The summed E-state index contributed by atoms with van der Waals surface area (Å²) in [6.45, 7) is 4.61. The first-order valence-electron chi connectivity index (χ1n) is 12.5. The van der Waals surface area contributed by atoms with E-state index >= 15 is 0 Å². The summed E-state index contributed by atoms with van der Waals surface area (Å²) in [6, 6.07) is 19.1. The second kappa shape index (κ2) is 11.3. The first-order chi connectivity index (χ1) is 18.2. The number of benzene rings is 3. The lowest BCUT2D eigenvalue weighted by atomic mass is 9.93. The molecule has 8 heteroatoms. The van der Waals surface area contributed by atoms with Gasteiger partial charge in [-0.3, -0.25) is 9.59 Å². The highest BCUT2D eigenvalue weighted by Gasteiger charge is 2.15. The van der Waals surface area contributed by atoms with Gasteiger partial charge in [-0.15, -0.1) is 0 Å². The van der Waals surface area contributed by atoms with Crippen LogP contribution in [0, 0.1) is 18.3 Å². The van der Waals surface area contributed by atoms with E-state index in [0.29, 0.717) is 35.1 Å². The predicted molar refractivity (Wildman–Crippen MR) is 152 cm³/mol. The van der Waals surface area contributed by atoms with Crippen LogP contribution in [-0.2, 0) is 13.6 Å². The maximum absolute atomic E-state index is 13.3. The van der Waals surface area contributed by atoms with E-state index in [1.807, 2.05) is 81.4 Å². The van der Waals surface area contributed by atoms with Crippen LogP contribution in [0.1, 0.15) is 46.3 Å². The van der Waals surface area contributed by atoms with Crippen molar-refractivity contribution in [3.05, 3.63) is 93.5 Å². The van der Waals surface area contributed by atoms with Gasteiger partial charge in [0.1, 0.15) is 0 Å². The van der Waals surface area contributed by atoms with E-state index < -0.39 is 0 Å². The van der Waals surface area contributed by atoms with Crippen molar-refractivity contribution < 1.29 is 4.79 Å². The molecule has 4 rings (SSSR count). The van der Waals surface area contributed by atoms with Gasteiger partial charge in [0.25, 0.3) is 11.5 Å². The van der Waals surface area contributed by atoms with E-state index in [9.17, 15) is 14.9 Å². The Balaban J connectivity index is 1.61. The Kier molecular flexibility index (Phi) is 7.89. The Labute approximate surface area is 222 Å². The van der Waals surface area contributed by atoms with Crippen LogP contribution in [0.4, 0.5) is 17.1 Å². The molecule has 0 saturated carbocycles. The van der Waals surface area contributed by atoms with Crippen molar-refractivity contribution in [3.8, 4) is 6.07 Å². The quantitative estimate of drug-likeness (QED) is 0.334. The smallest absolute Gasteiger partial charge is 0.260 e. The summed E-state index contributed by atoms with van der Waals surface area (Å²) in [7, 11) is 5.62. The zero-order valence-electron chi connectivity index (χ0n) is 22.4. The molecule has 3 aromatic carbocycles. The third-order valence-electron chi connectivity index (χ3n) is 6.43. The summed E-state index contributed by atoms with van der Waals surface area (Å²) >= 11 is 0. The number of amides is 1. The third kappa shape index (κ3) is 5.90. The van der Waals surface area contributed by atoms with Gasteiger partial charge in [0, 0.05) is 36.2 Å². The number of aromatic nitrogens is 2. The monoisotopic (exact) mass is 508 g/mol. The summed E-state index contributed by atoms with van der Waals surface area (Å²) in [6.07, 6.45) is 2.18. The minimum Gasteiger partial charge on any atom is -0.355 e. The van der Waals surface area contributed by atoms with Crippen molar-refractivity contribution in [1.29, 1.82) is 5.26 Å². The Morgan fingerprint density at radius 3 is 2.58 bits per heavy atom. The normalized spacial score (nSPS) is 11.8. The molecule has 2 N–H and O–H groups in total. The second-order valence-corrected chi connectivity index (χ2v) is 9.79. The van der Waals surface area contributed by atoms with Gasteiger partial charge in [-0.25, -0.2) is 4.98 Å². The molecule has 0 aliphatic rings. The van der Waals surface area contributed by atoms with Crippen molar-refractivity contribution in [1.82, 2.24) is 14.5 Å². The number of anilines is 3. The van der Waals surface area contributed by atoms with Gasteiger partial charge in [-0.1, -0.05) is 19.1 Å². The van der Waals surface area contributed by atoms with Crippen molar-refractivity contribution in [3.63, 3.8) is 0 Å². The minimum absolute atomic E-state index is 0.117. The van der Waals surface area contributed by atoms with Crippen molar-refractivity contribution >= 4 is 33.9 Å². The topological polar surface area (TPSA) is 103 Å². The van der Waals surface area contributed by atoms with Crippen LogP contribution in [0.25, 0.3) is 10.9 Å². The molecular weight excluding hydrogens is 476 g/mol. The first kappa shape index (κ1) is 26.6. The molecule has 1 atom stereocenters. The van der Waals surface area contributed by atoms with E-state index in [1.54, 1.807) is 13.1 Å². The number of carbonyl (C=O) groups excluding carboxylic acids is 1. The Morgan fingerprint density at radius 1 is 1.11 bits per heavy atom. The summed E-state index contributed by atoms with van der Waals surface area (Å²) < 4.78 is 1.45. The lowest BCUT2D eigenvalue weighted by Gasteiger charge is -2.16. The molecule has 8 nitrogen and oxygen atoms in total. The zero-order chi connectivity index (χ0) is 27.4. The molecule has 38 heavy (non-hydrogen) atoms. The van der Waals surface area contributed by atoms with Crippen LogP contribution in [0.2, 0.25) is 0 Å². The largest absolute Gasteiger partial charge is 0.355 e. The van der Waals surface area contributed by atoms with Crippen molar-refractivity contribution in [2.24, 2.45) is 7.05 Å². The molecule has 0 radical (unpaired) electrons. The van der Waals surface area contributed by atoms with Crippen molar-refractivity contribution in [2.75, 3.05) is 24.7 Å². The third-order valence-corrected chi connectivity index (χ3v) is 6.43. The van der Waals surface area contributed by atoms with Gasteiger partial charge in [-0.2, -0.15) is 5.26 Å². The van der Waals surface area contributed by atoms with Gasteiger partial charge in [0.15, 0.2) is 0 Å². The summed E-state index contributed by atoms with van der Waals surface area (Å²) in [5.74, 6) is -0.512. The van der Waals surface area contributed by atoms with Gasteiger partial charge >= 0.3 is 0 Å². The van der Waals surface area contributed by atoms with Crippen LogP contribution in [0.3, 0.4) is 0 Å². The van der Waals surface area contributed by atoms with E-state index in [2.05, 4.69) is 21.7 Å². The zero-order valence-corrected chi connectivity index (χ0v) is 22.4. The average Bonchev–Trinajstić information content (AvgIpc) is 2.88. The molecular formula is C30H32N6O2. The lowest BCUT2D eigenvalue weighted by Crippen LogP contribution is -2.17. The van der Waals surface area contributed by atoms with Crippen molar-refractivity contribution in [2.45, 2.75) is 32.7 Å². The van der Waals surface area contributed by atoms with Crippen LogP contribution >= 0.6 is 0 Å². The number of fused-ring (bicyclic) bond motifs is 1. The predicted octanol–water partition coefficient (Wildman–Crippen LogP) is 5.32. The van der Waals surface area contributed by atoms with E-state index in [4.69, 9.17) is 0 Å². The lowest BCUT2D eigenvalue weighted by molar-refractivity contribution is 0.102. The Bertz CT molecular complexity index is 1600. The van der Waals surface area contributed by atoms with Crippen LogP contribution in [-0.4, -0.2) is 34.5 Å². The number of nitrogens with zero attached hydrogens (tertiary/aromatic N) is 4. The maximum Gasteiger partial charge on any atom is 0.260 e. The fourth-order valence-corrected chi connectivity index (χ4v) is 4.39. The highest BCUT2D eigenvalue weighted by Crippen LogP contribution is 2.27. The number of nitrogens with one attached hydrogen (secondary N) is 2. The number of nitriles is 1. The van der Waals surface area contributed by atoms with Gasteiger partial charge < -0.3 is 20.1 Å². The summed E-state index contributed by atoms with van der Waals surface area (Å²) in [5.41, 5.74) is 6.03. The molecule has 0 fully saturated rings. The molecule has 0 aliphatic carbocycles. The second-order valence-electron chi connectivity index (χ2n) is 9.79. The summed E-state index contributed by atoms with van der Waals surface area (Å²) in [4.78, 5) is 32.2. The SMILES string of the molecule is CCC(C#N)c1cc(CN(C)C)cc(C(=O)Nc2ccc(C)c(Nc3ccc4ncn(C)c(=O)c4c3)c2)c1. The van der Waals surface area contributed by atoms with E-state index in [0.717, 1.165) is 28.1 Å². The molecule has 0 aliphatic heterocycles.